The molecule has 0 amide bonds. The first-order chi connectivity index (χ1) is 13.3. The zero-order chi connectivity index (χ0) is 18.9. The van der Waals surface area contributed by atoms with Crippen LogP contribution in [0.1, 0.15) is 18.4 Å². The van der Waals surface area contributed by atoms with E-state index in [-0.39, 0.29) is 0 Å². The minimum atomic E-state index is 0.384. The summed E-state index contributed by atoms with van der Waals surface area (Å²) in [6, 6.07) is 19.2. The third kappa shape index (κ3) is 5.39. The molecule has 1 saturated heterocycles. The van der Waals surface area contributed by atoms with Crippen LogP contribution in [0.15, 0.2) is 59.6 Å². The number of anilines is 1. The zero-order valence-corrected chi connectivity index (χ0v) is 16.3. The summed E-state index contributed by atoms with van der Waals surface area (Å²) in [5.74, 6) is 1.82. The van der Waals surface area contributed by atoms with Crippen LogP contribution in [-0.4, -0.2) is 45.8 Å². The molecule has 2 aromatic rings. The molecule has 2 aromatic carbocycles. The Morgan fingerprint density at radius 2 is 1.93 bits per heavy atom. The summed E-state index contributed by atoms with van der Waals surface area (Å²) in [5.41, 5.74) is 2.54. The molecule has 1 unspecified atom stereocenters. The molecule has 5 nitrogen and oxygen atoms in total. The van der Waals surface area contributed by atoms with E-state index >= 15 is 0 Å². The van der Waals surface area contributed by atoms with E-state index in [1.807, 2.05) is 19.2 Å². The molecule has 0 aromatic heterocycles. The van der Waals surface area contributed by atoms with Crippen molar-refractivity contribution in [2.24, 2.45) is 4.99 Å². The Bertz CT molecular complexity index is 732. The van der Waals surface area contributed by atoms with Gasteiger partial charge in [0.05, 0.1) is 12.8 Å². The fourth-order valence-electron chi connectivity index (χ4n) is 3.52. The van der Waals surface area contributed by atoms with Crippen molar-refractivity contribution in [3.05, 3.63) is 60.2 Å². The molecule has 5 heteroatoms. The SMILES string of the molecule is CN=C(NCCCc1ccccc1)NC1CCN(c2ccccc2OC)C1. The van der Waals surface area contributed by atoms with E-state index in [1.165, 1.54) is 5.56 Å². The molecule has 0 radical (unpaired) electrons. The molecule has 2 N–H and O–H groups in total. The third-order valence-corrected chi connectivity index (χ3v) is 4.96. The van der Waals surface area contributed by atoms with E-state index in [9.17, 15) is 0 Å². The normalized spacial score (nSPS) is 17.0. The lowest BCUT2D eigenvalue weighted by Gasteiger charge is -2.22. The van der Waals surface area contributed by atoms with Gasteiger partial charge in [-0.2, -0.15) is 0 Å². The monoisotopic (exact) mass is 366 g/mol. The maximum atomic E-state index is 5.50. The summed E-state index contributed by atoms with van der Waals surface area (Å²) in [7, 11) is 3.56. The molecule has 1 atom stereocenters. The molecule has 0 aliphatic carbocycles. The van der Waals surface area contributed by atoms with Crippen LogP contribution in [0.3, 0.4) is 0 Å². The summed E-state index contributed by atoms with van der Waals surface area (Å²) < 4.78 is 5.50. The van der Waals surface area contributed by atoms with Gasteiger partial charge in [0.1, 0.15) is 5.75 Å². The van der Waals surface area contributed by atoms with Crippen LogP contribution in [0.25, 0.3) is 0 Å². The van der Waals surface area contributed by atoms with Crippen molar-refractivity contribution in [3.63, 3.8) is 0 Å². The van der Waals surface area contributed by atoms with Crippen molar-refractivity contribution >= 4 is 11.6 Å². The van der Waals surface area contributed by atoms with Crippen LogP contribution < -0.4 is 20.3 Å². The van der Waals surface area contributed by atoms with E-state index in [2.05, 4.69) is 63.0 Å². The average molecular weight is 367 g/mol. The summed E-state index contributed by atoms with van der Waals surface area (Å²) in [4.78, 5) is 6.75. The molecule has 144 valence electrons. The third-order valence-electron chi connectivity index (χ3n) is 4.96. The van der Waals surface area contributed by atoms with Crippen molar-refractivity contribution in [1.29, 1.82) is 0 Å². The number of rotatable bonds is 7. The maximum Gasteiger partial charge on any atom is 0.191 e. The summed E-state index contributed by atoms with van der Waals surface area (Å²) >= 11 is 0. The predicted molar refractivity (Wildman–Crippen MR) is 113 cm³/mol. The van der Waals surface area contributed by atoms with Gasteiger partial charge in [0.25, 0.3) is 0 Å². The van der Waals surface area contributed by atoms with Crippen LogP contribution in [-0.2, 0) is 6.42 Å². The molecule has 27 heavy (non-hydrogen) atoms. The number of aliphatic imine (C=N–C) groups is 1. The Morgan fingerprint density at radius 3 is 2.70 bits per heavy atom. The van der Waals surface area contributed by atoms with E-state index < -0.39 is 0 Å². The lowest BCUT2D eigenvalue weighted by Crippen LogP contribution is -2.44. The standard InChI is InChI=1S/C22H30N4O/c1-23-22(24-15-8-11-18-9-4-3-5-10-18)25-19-14-16-26(17-19)20-12-6-7-13-21(20)27-2/h3-7,9-10,12-13,19H,8,11,14-17H2,1-2H3,(H2,23,24,25). The topological polar surface area (TPSA) is 48.9 Å². The lowest BCUT2D eigenvalue weighted by molar-refractivity contribution is 0.415. The summed E-state index contributed by atoms with van der Waals surface area (Å²) in [6.45, 7) is 2.88. The smallest absolute Gasteiger partial charge is 0.191 e. The number of benzene rings is 2. The average Bonchev–Trinajstić information content (AvgIpc) is 3.19. The van der Waals surface area contributed by atoms with Gasteiger partial charge in [-0.05, 0) is 37.0 Å². The Morgan fingerprint density at radius 1 is 1.15 bits per heavy atom. The second-order valence-corrected chi connectivity index (χ2v) is 6.84. The number of ether oxygens (including phenoxy) is 1. The van der Waals surface area contributed by atoms with Gasteiger partial charge in [-0.25, -0.2) is 0 Å². The van der Waals surface area contributed by atoms with Crippen LogP contribution >= 0.6 is 0 Å². The lowest BCUT2D eigenvalue weighted by atomic mass is 10.1. The van der Waals surface area contributed by atoms with Gasteiger partial charge in [0.2, 0.25) is 0 Å². The highest BCUT2D eigenvalue weighted by Gasteiger charge is 2.25. The second-order valence-electron chi connectivity index (χ2n) is 6.84. The number of methoxy groups -OCH3 is 1. The van der Waals surface area contributed by atoms with Crippen molar-refractivity contribution in [1.82, 2.24) is 10.6 Å². The molecule has 0 bridgehead atoms. The van der Waals surface area contributed by atoms with Crippen molar-refractivity contribution < 1.29 is 4.74 Å². The van der Waals surface area contributed by atoms with Crippen LogP contribution in [0.5, 0.6) is 5.75 Å². The van der Waals surface area contributed by atoms with Crippen molar-refractivity contribution in [3.8, 4) is 5.75 Å². The first-order valence-electron chi connectivity index (χ1n) is 9.69. The number of nitrogens with zero attached hydrogens (tertiary/aromatic N) is 2. The van der Waals surface area contributed by atoms with Gasteiger partial charge in [0.15, 0.2) is 5.96 Å². The maximum absolute atomic E-state index is 5.50. The molecule has 1 fully saturated rings. The summed E-state index contributed by atoms with van der Waals surface area (Å²) in [5, 5.41) is 7.00. The number of aryl methyl sites for hydroxylation is 1. The zero-order valence-electron chi connectivity index (χ0n) is 16.3. The van der Waals surface area contributed by atoms with Gasteiger partial charge in [-0.15, -0.1) is 0 Å². The highest BCUT2D eigenvalue weighted by atomic mass is 16.5. The number of para-hydroxylation sites is 2. The predicted octanol–water partition coefficient (Wildman–Crippen LogP) is 3.07. The number of nitrogens with one attached hydrogen (secondary N) is 2. The van der Waals surface area contributed by atoms with Crippen molar-refractivity contribution in [2.75, 3.05) is 38.7 Å². The largest absolute Gasteiger partial charge is 0.495 e. The van der Waals surface area contributed by atoms with Gasteiger partial charge >= 0.3 is 0 Å². The van der Waals surface area contributed by atoms with Gasteiger partial charge in [0, 0.05) is 32.7 Å². The molecular formula is C22H30N4O. The quantitative estimate of drug-likeness (QED) is 0.449. The Labute approximate surface area is 162 Å². The number of hydrogen-bond acceptors (Lipinski definition) is 3. The first-order valence-corrected chi connectivity index (χ1v) is 9.69. The van der Waals surface area contributed by atoms with Gasteiger partial charge in [-0.1, -0.05) is 42.5 Å². The van der Waals surface area contributed by atoms with Gasteiger partial charge in [-0.3, -0.25) is 4.99 Å². The molecular weight excluding hydrogens is 336 g/mol. The van der Waals surface area contributed by atoms with Gasteiger partial charge < -0.3 is 20.3 Å². The first kappa shape index (κ1) is 19.1. The number of hydrogen-bond donors (Lipinski definition) is 2. The minimum Gasteiger partial charge on any atom is -0.495 e. The summed E-state index contributed by atoms with van der Waals surface area (Å²) in [6.07, 6.45) is 3.25. The fraction of sp³-hybridized carbons (Fsp3) is 0.409. The molecule has 0 saturated carbocycles. The van der Waals surface area contributed by atoms with E-state index in [4.69, 9.17) is 4.74 Å². The Hall–Kier alpha value is -2.69. The highest BCUT2D eigenvalue weighted by Crippen LogP contribution is 2.30. The molecule has 1 aliphatic rings. The minimum absolute atomic E-state index is 0.384. The van der Waals surface area contributed by atoms with Crippen LogP contribution in [0.4, 0.5) is 5.69 Å². The molecule has 0 spiro atoms. The van der Waals surface area contributed by atoms with Crippen LogP contribution in [0.2, 0.25) is 0 Å². The van der Waals surface area contributed by atoms with E-state index in [0.717, 1.165) is 56.3 Å². The Balaban J connectivity index is 1.44. The molecule has 1 heterocycles. The fourth-order valence-corrected chi connectivity index (χ4v) is 3.52. The highest BCUT2D eigenvalue weighted by molar-refractivity contribution is 5.80. The second kappa shape index (κ2) is 9.86. The van der Waals surface area contributed by atoms with E-state index in [0.29, 0.717) is 6.04 Å². The van der Waals surface area contributed by atoms with Crippen molar-refractivity contribution in [2.45, 2.75) is 25.3 Å². The Kier molecular flexibility index (Phi) is 6.97. The van der Waals surface area contributed by atoms with E-state index in [1.54, 1.807) is 7.11 Å². The molecule has 3 rings (SSSR count). The van der Waals surface area contributed by atoms with Crippen LogP contribution in [0, 0.1) is 0 Å². The molecule has 1 aliphatic heterocycles. The number of guanidine groups is 1.